The van der Waals surface area contributed by atoms with Crippen LogP contribution in [0.1, 0.15) is 0 Å². The van der Waals surface area contributed by atoms with Gasteiger partial charge in [0.1, 0.15) is 11.6 Å². The molecular weight excluding hydrogens is 199 g/mol. The Kier molecular flexibility index (Phi) is 3.49. The number of nitrogens with zero attached hydrogens (tertiary/aromatic N) is 1. The SMILES string of the molecule is COc1ccc(F)c(NC(=O)N(C)C)c1. The van der Waals surface area contributed by atoms with E-state index < -0.39 is 5.82 Å². The fraction of sp³-hybridized carbons (Fsp3) is 0.300. The zero-order valence-corrected chi connectivity index (χ0v) is 8.87. The van der Waals surface area contributed by atoms with E-state index in [1.807, 2.05) is 0 Å². The van der Waals surface area contributed by atoms with Gasteiger partial charge < -0.3 is 15.0 Å². The standard InChI is InChI=1S/C10H13FN2O2/c1-13(2)10(14)12-9-6-7(15-3)4-5-8(9)11/h4-6H,1-3H3,(H,12,14). The van der Waals surface area contributed by atoms with Crippen LogP contribution in [0.15, 0.2) is 18.2 Å². The highest BCUT2D eigenvalue weighted by atomic mass is 19.1. The predicted molar refractivity (Wildman–Crippen MR) is 55.7 cm³/mol. The molecule has 0 spiro atoms. The number of urea groups is 1. The van der Waals surface area contributed by atoms with Crippen LogP contribution in [-0.2, 0) is 0 Å². The molecule has 5 heteroatoms. The number of ether oxygens (including phenoxy) is 1. The van der Waals surface area contributed by atoms with Crippen LogP contribution in [0.25, 0.3) is 0 Å². The topological polar surface area (TPSA) is 41.6 Å². The van der Waals surface area contributed by atoms with Gasteiger partial charge in [-0.3, -0.25) is 0 Å². The van der Waals surface area contributed by atoms with E-state index in [-0.39, 0.29) is 11.7 Å². The summed E-state index contributed by atoms with van der Waals surface area (Å²) in [5.41, 5.74) is 0.105. The van der Waals surface area contributed by atoms with E-state index in [1.54, 1.807) is 14.1 Å². The molecule has 0 saturated heterocycles. The van der Waals surface area contributed by atoms with E-state index >= 15 is 0 Å². The lowest BCUT2D eigenvalue weighted by Crippen LogP contribution is -2.27. The second-order valence-electron chi connectivity index (χ2n) is 3.17. The molecule has 0 aromatic heterocycles. The van der Waals surface area contributed by atoms with E-state index in [4.69, 9.17) is 4.74 Å². The number of halogens is 1. The maximum atomic E-state index is 13.2. The van der Waals surface area contributed by atoms with Crippen molar-refractivity contribution in [2.45, 2.75) is 0 Å². The van der Waals surface area contributed by atoms with Gasteiger partial charge in [0.05, 0.1) is 12.8 Å². The molecule has 1 N–H and O–H groups in total. The highest BCUT2D eigenvalue weighted by molar-refractivity contribution is 5.89. The van der Waals surface area contributed by atoms with Crippen molar-refractivity contribution in [1.82, 2.24) is 4.90 Å². The molecule has 0 heterocycles. The summed E-state index contributed by atoms with van der Waals surface area (Å²) in [4.78, 5) is 12.6. The number of rotatable bonds is 2. The lowest BCUT2D eigenvalue weighted by atomic mass is 10.3. The first kappa shape index (κ1) is 11.3. The normalized spacial score (nSPS) is 9.60. The molecule has 0 atom stereocenters. The Morgan fingerprint density at radius 1 is 1.47 bits per heavy atom. The third-order valence-electron chi connectivity index (χ3n) is 1.82. The van der Waals surface area contributed by atoms with Crippen LogP contribution in [0.2, 0.25) is 0 Å². The molecule has 0 saturated carbocycles. The minimum atomic E-state index is -0.494. The third kappa shape index (κ3) is 2.83. The highest BCUT2D eigenvalue weighted by Crippen LogP contribution is 2.21. The molecule has 1 aromatic carbocycles. The molecule has 1 aromatic rings. The van der Waals surface area contributed by atoms with Gasteiger partial charge in [0.25, 0.3) is 0 Å². The maximum absolute atomic E-state index is 13.2. The van der Waals surface area contributed by atoms with Crippen molar-refractivity contribution in [2.75, 3.05) is 26.5 Å². The number of nitrogens with one attached hydrogen (secondary N) is 1. The van der Waals surface area contributed by atoms with Crippen molar-refractivity contribution in [1.29, 1.82) is 0 Å². The van der Waals surface area contributed by atoms with E-state index in [0.717, 1.165) is 0 Å². The van der Waals surface area contributed by atoms with Crippen LogP contribution in [0, 0.1) is 5.82 Å². The Morgan fingerprint density at radius 3 is 2.67 bits per heavy atom. The summed E-state index contributed by atoms with van der Waals surface area (Å²) in [6, 6.07) is 3.77. The molecule has 82 valence electrons. The second-order valence-corrected chi connectivity index (χ2v) is 3.17. The monoisotopic (exact) mass is 212 g/mol. The third-order valence-corrected chi connectivity index (χ3v) is 1.82. The second kappa shape index (κ2) is 4.63. The van der Waals surface area contributed by atoms with Crippen LogP contribution >= 0.6 is 0 Å². The molecule has 0 unspecified atom stereocenters. The summed E-state index contributed by atoms with van der Waals surface area (Å²) < 4.78 is 18.2. The lowest BCUT2D eigenvalue weighted by molar-refractivity contribution is 0.230. The van der Waals surface area contributed by atoms with Gasteiger partial charge in [0.15, 0.2) is 0 Å². The molecule has 15 heavy (non-hydrogen) atoms. The summed E-state index contributed by atoms with van der Waals surface area (Å²) >= 11 is 0. The van der Waals surface area contributed by atoms with Crippen LogP contribution in [0.3, 0.4) is 0 Å². The molecule has 0 aliphatic heterocycles. The number of methoxy groups -OCH3 is 1. The van der Waals surface area contributed by atoms with Crippen molar-refractivity contribution >= 4 is 11.7 Å². The number of benzene rings is 1. The van der Waals surface area contributed by atoms with Crippen LogP contribution < -0.4 is 10.1 Å². The first-order valence-corrected chi connectivity index (χ1v) is 4.36. The summed E-state index contributed by atoms with van der Waals surface area (Å²) in [7, 11) is 4.63. The van der Waals surface area contributed by atoms with E-state index in [2.05, 4.69) is 5.32 Å². The molecule has 0 fully saturated rings. The number of hydrogen-bond acceptors (Lipinski definition) is 2. The number of anilines is 1. The predicted octanol–water partition coefficient (Wildman–Crippen LogP) is 1.93. The molecular formula is C10H13FN2O2. The van der Waals surface area contributed by atoms with E-state index in [0.29, 0.717) is 5.75 Å². The largest absolute Gasteiger partial charge is 0.497 e. The molecule has 2 amide bonds. The highest BCUT2D eigenvalue weighted by Gasteiger charge is 2.09. The van der Waals surface area contributed by atoms with Crippen molar-refractivity contribution < 1.29 is 13.9 Å². The molecule has 0 radical (unpaired) electrons. The van der Waals surface area contributed by atoms with Gasteiger partial charge in [0, 0.05) is 20.2 Å². The summed E-state index contributed by atoms with van der Waals surface area (Å²) in [6.45, 7) is 0. The zero-order valence-electron chi connectivity index (χ0n) is 8.87. The summed E-state index contributed by atoms with van der Waals surface area (Å²) in [5.74, 6) is -0.00328. The van der Waals surface area contributed by atoms with E-state index in [1.165, 1.54) is 30.2 Å². The summed E-state index contributed by atoms with van der Waals surface area (Å²) in [5, 5.41) is 2.42. The number of carbonyl (C=O) groups excluding carboxylic acids is 1. The van der Waals surface area contributed by atoms with Gasteiger partial charge in [-0.05, 0) is 12.1 Å². The van der Waals surface area contributed by atoms with Crippen molar-refractivity contribution in [3.05, 3.63) is 24.0 Å². The van der Waals surface area contributed by atoms with Gasteiger partial charge in [-0.1, -0.05) is 0 Å². The number of carbonyl (C=O) groups is 1. The van der Waals surface area contributed by atoms with Gasteiger partial charge in [-0.25, -0.2) is 9.18 Å². The zero-order chi connectivity index (χ0) is 11.4. The van der Waals surface area contributed by atoms with Crippen molar-refractivity contribution in [2.24, 2.45) is 0 Å². The Hall–Kier alpha value is -1.78. The average Bonchev–Trinajstić information content (AvgIpc) is 2.21. The maximum Gasteiger partial charge on any atom is 0.321 e. The van der Waals surface area contributed by atoms with Crippen LogP contribution in [0.4, 0.5) is 14.9 Å². The minimum absolute atomic E-state index is 0.105. The average molecular weight is 212 g/mol. The van der Waals surface area contributed by atoms with Gasteiger partial charge >= 0.3 is 6.03 Å². The Labute approximate surface area is 87.6 Å². The molecule has 0 bridgehead atoms. The van der Waals surface area contributed by atoms with Crippen LogP contribution in [-0.4, -0.2) is 32.1 Å². The van der Waals surface area contributed by atoms with E-state index in [9.17, 15) is 9.18 Å². The number of amides is 2. The number of hydrogen-bond donors (Lipinski definition) is 1. The quantitative estimate of drug-likeness (QED) is 0.813. The summed E-state index contributed by atoms with van der Waals surface area (Å²) in [6.07, 6.45) is 0. The fourth-order valence-electron chi connectivity index (χ4n) is 0.954. The Bertz CT molecular complexity index is 366. The molecule has 0 aliphatic carbocycles. The molecule has 0 aliphatic rings. The van der Waals surface area contributed by atoms with Crippen molar-refractivity contribution in [3.63, 3.8) is 0 Å². The Morgan fingerprint density at radius 2 is 2.13 bits per heavy atom. The fourth-order valence-corrected chi connectivity index (χ4v) is 0.954. The molecule has 1 rings (SSSR count). The smallest absolute Gasteiger partial charge is 0.321 e. The first-order valence-electron chi connectivity index (χ1n) is 4.36. The van der Waals surface area contributed by atoms with Gasteiger partial charge in [-0.15, -0.1) is 0 Å². The minimum Gasteiger partial charge on any atom is -0.497 e. The van der Waals surface area contributed by atoms with Crippen molar-refractivity contribution in [3.8, 4) is 5.75 Å². The Balaban J connectivity index is 2.88. The van der Waals surface area contributed by atoms with Crippen LogP contribution in [0.5, 0.6) is 5.75 Å². The van der Waals surface area contributed by atoms with Gasteiger partial charge in [-0.2, -0.15) is 0 Å². The molecule has 4 nitrogen and oxygen atoms in total. The van der Waals surface area contributed by atoms with Gasteiger partial charge in [0.2, 0.25) is 0 Å². The first-order chi connectivity index (χ1) is 7.04. The lowest BCUT2D eigenvalue weighted by Gasteiger charge is -2.13.